The lowest BCUT2D eigenvalue weighted by Crippen LogP contribution is -2.06. The molecule has 0 atom stereocenters. The summed E-state index contributed by atoms with van der Waals surface area (Å²) < 4.78 is 4.95. The average molecular weight is 342 g/mol. The molecule has 8 heteroatoms. The van der Waals surface area contributed by atoms with Gasteiger partial charge in [-0.15, -0.1) is 11.3 Å². The number of nitro groups is 1. The Kier molecular flexibility index (Phi) is 4.48. The van der Waals surface area contributed by atoms with Crippen molar-refractivity contribution in [2.75, 3.05) is 0 Å². The topological polar surface area (TPSA) is 94.9 Å². The normalized spacial score (nSPS) is 11.2. The molecule has 0 fully saturated rings. The number of furan rings is 1. The van der Waals surface area contributed by atoms with E-state index in [1.807, 2.05) is 17.5 Å². The van der Waals surface area contributed by atoms with E-state index in [0.29, 0.717) is 11.3 Å². The van der Waals surface area contributed by atoms with E-state index >= 15 is 0 Å². The highest BCUT2D eigenvalue weighted by atomic mass is 32.1. The lowest BCUT2D eigenvalue weighted by Gasteiger charge is -2.04. The number of non-ortho nitro benzene ring substituents is 1. The predicted octanol–water partition coefficient (Wildman–Crippen LogP) is 3.86. The van der Waals surface area contributed by atoms with Gasteiger partial charge in [0.1, 0.15) is 5.71 Å². The molecule has 7 nitrogen and oxygen atoms in total. The maximum atomic E-state index is 11.8. The Labute approximate surface area is 139 Å². The zero-order valence-corrected chi connectivity index (χ0v) is 12.9. The van der Waals surface area contributed by atoms with Gasteiger partial charge in [0, 0.05) is 17.7 Å². The van der Waals surface area contributed by atoms with Crippen molar-refractivity contribution in [3.8, 4) is 0 Å². The van der Waals surface area contributed by atoms with Crippen LogP contribution in [0.4, 0.5) is 5.69 Å². The van der Waals surface area contributed by atoms with Gasteiger partial charge in [0.25, 0.3) is 5.69 Å². The zero-order valence-electron chi connectivity index (χ0n) is 12.1. The minimum atomic E-state index is -0.726. The number of hydrogen-bond acceptors (Lipinski definition) is 7. The second-order valence-electron chi connectivity index (χ2n) is 4.58. The van der Waals surface area contributed by atoms with E-state index < -0.39 is 10.9 Å². The van der Waals surface area contributed by atoms with E-state index in [0.717, 1.165) is 4.88 Å². The van der Waals surface area contributed by atoms with Gasteiger partial charge in [-0.05, 0) is 35.7 Å². The third-order valence-corrected chi connectivity index (χ3v) is 3.92. The molecule has 0 unspecified atom stereocenters. The van der Waals surface area contributed by atoms with Crippen LogP contribution in [-0.4, -0.2) is 16.6 Å². The van der Waals surface area contributed by atoms with Gasteiger partial charge in [-0.3, -0.25) is 10.1 Å². The molecule has 0 saturated carbocycles. The summed E-state index contributed by atoms with van der Waals surface area (Å²) in [5, 5.41) is 16.5. The van der Waals surface area contributed by atoms with E-state index in [4.69, 9.17) is 9.25 Å². The molecule has 0 aliphatic carbocycles. The molecule has 0 spiro atoms. The number of thiophene rings is 1. The van der Waals surface area contributed by atoms with Gasteiger partial charge < -0.3 is 9.25 Å². The van der Waals surface area contributed by atoms with Gasteiger partial charge in [0.2, 0.25) is 5.76 Å². The summed E-state index contributed by atoms with van der Waals surface area (Å²) in [5.41, 5.74) is 0.965. The number of carbonyl (C=O) groups is 1. The lowest BCUT2D eigenvalue weighted by atomic mass is 10.1. The number of rotatable bonds is 5. The summed E-state index contributed by atoms with van der Waals surface area (Å²) in [6.45, 7) is 0. The van der Waals surface area contributed by atoms with Gasteiger partial charge in [-0.2, -0.15) is 0 Å². The fraction of sp³-hybridized carbons (Fsp3) is 0. The molecule has 0 bridgehead atoms. The van der Waals surface area contributed by atoms with Crippen molar-refractivity contribution in [2.45, 2.75) is 0 Å². The Balaban J connectivity index is 1.90. The highest BCUT2D eigenvalue weighted by Gasteiger charge is 2.15. The molecule has 0 aliphatic heterocycles. The third-order valence-electron chi connectivity index (χ3n) is 3.05. The molecule has 0 saturated heterocycles. The van der Waals surface area contributed by atoms with Crippen LogP contribution in [0.1, 0.15) is 21.0 Å². The van der Waals surface area contributed by atoms with Gasteiger partial charge in [0.15, 0.2) is 0 Å². The van der Waals surface area contributed by atoms with Crippen LogP contribution < -0.4 is 0 Å². The first-order valence-electron chi connectivity index (χ1n) is 6.76. The maximum absolute atomic E-state index is 11.8. The highest BCUT2D eigenvalue weighted by Crippen LogP contribution is 2.19. The Morgan fingerprint density at radius 1 is 1.17 bits per heavy atom. The molecule has 0 aliphatic rings. The first kappa shape index (κ1) is 15.6. The Morgan fingerprint density at radius 2 is 1.96 bits per heavy atom. The smallest absolute Gasteiger partial charge is 0.400 e. The van der Waals surface area contributed by atoms with Crippen LogP contribution in [0, 0.1) is 10.1 Å². The number of hydrogen-bond donors (Lipinski definition) is 0. The average Bonchev–Trinajstić information content (AvgIpc) is 3.29. The van der Waals surface area contributed by atoms with Gasteiger partial charge in [-0.1, -0.05) is 11.2 Å². The molecule has 0 amide bonds. The molecule has 2 aromatic heterocycles. The monoisotopic (exact) mass is 342 g/mol. The largest absolute Gasteiger partial charge is 0.457 e. The maximum Gasteiger partial charge on any atom is 0.400 e. The van der Waals surface area contributed by atoms with Crippen LogP contribution in [-0.2, 0) is 4.84 Å². The van der Waals surface area contributed by atoms with Crippen molar-refractivity contribution in [3.63, 3.8) is 0 Å². The molecule has 3 aromatic rings. The zero-order chi connectivity index (χ0) is 16.9. The molecule has 120 valence electrons. The second kappa shape index (κ2) is 6.88. The van der Waals surface area contributed by atoms with Gasteiger partial charge in [-0.25, -0.2) is 4.79 Å². The summed E-state index contributed by atoms with van der Waals surface area (Å²) in [4.78, 5) is 27.8. The number of carbonyl (C=O) groups excluding carboxylic acids is 1. The Hall–Kier alpha value is -3.26. The molecule has 0 N–H and O–H groups in total. The second-order valence-corrected chi connectivity index (χ2v) is 5.52. The Morgan fingerprint density at radius 3 is 2.54 bits per heavy atom. The molecule has 1 aromatic carbocycles. The summed E-state index contributed by atoms with van der Waals surface area (Å²) in [7, 11) is 0. The lowest BCUT2D eigenvalue weighted by molar-refractivity contribution is -0.384. The van der Waals surface area contributed by atoms with Crippen LogP contribution in [0.3, 0.4) is 0 Å². The third kappa shape index (κ3) is 3.39. The summed E-state index contributed by atoms with van der Waals surface area (Å²) >= 11 is 1.41. The predicted molar refractivity (Wildman–Crippen MR) is 87.2 cm³/mol. The van der Waals surface area contributed by atoms with Crippen molar-refractivity contribution < 1.29 is 19.0 Å². The van der Waals surface area contributed by atoms with Crippen molar-refractivity contribution in [1.29, 1.82) is 0 Å². The van der Waals surface area contributed by atoms with Crippen LogP contribution in [0.5, 0.6) is 0 Å². The molecule has 2 heterocycles. The summed E-state index contributed by atoms with van der Waals surface area (Å²) in [6.07, 6.45) is 1.36. The molecule has 24 heavy (non-hydrogen) atoms. The molecule has 3 rings (SSSR count). The summed E-state index contributed by atoms with van der Waals surface area (Å²) in [6, 6.07) is 12.5. The number of oxime groups is 1. The van der Waals surface area contributed by atoms with E-state index in [1.165, 1.54) is 35.8 Å². The van der Waals surface area contributed by atoms with Crippen molar-refractivity contribution in [3.05, 3.63) is 86.5 Å². The minimum Gasteiger partial charge on any atom is -0.457 e. The molecular formula is C16H10N2O5S. The van der Waals surface area contributed by atoms with Gasteiger partial charge in [0.05, 0.1) is 16.1 Å². The number of nitrogens with zero attached hydrogens (tertiary/aromatic N) is 2. The standard InChI is InChI=1S/C16H10N2O5S/c19-16(13-3-1-9-22-13)23-17-15(14-4-2-10-24-14)11-5-7-12(8-6-11)18(20)21/h1-10H/b17-15+. The van der Waals surface area contributed by atoms with Crippen LogP contribution in [0.15, 0.2) is 69.7 Å². The van der Waals surface area contributed by atoms with Crippen molar-refractivity contribution in [1.82, 2.24) is 0 Å². The fourth-order valence-electron chi connectivity index (χ4n) is 1.92. The van der Waals surface area contributed by atoms with E-state index in [-0.39, 0.29) is 11.4 Å². The SMILES string of the molecule is O=C(O/N=C(\c1ccc([N+](=O)[O-])cc1)c1cccs1)c1ccco1. The Bertz CT molecular complexity index is 868. The van der Waals surface area contributed by atoms with Crippen molar-refractivity contribution >= 4 is 28.7 Å². The van der Waals surface area contributed by atoms with Crippen molar-refractivity contribution in [2.24, 2.45) is 5.16 Å². The van der Waals surface area contributed by atoms with Gasteiger partial charge >= 0.3 is 5.97 Å². The molecular weight excluding hydrogens is 332 g/mol. The van der Waals surface area contributed by atoms with E-state index in [9.17, 15) is 14.9 Å². The van der Waals surface area contributed by atoms with E-state index in [1.54, 1.807) is 18.2 Å². The highest BCUT2D eigenvalue weighted by molar-refractivity contribution is 7.12. The van der Waals surface area contributed by atoms with E-state index in [2.05, 4.69) is 5.16 Å². The molecule has 0 radical (unpaired) electrons. The van der Waals surface area contributed by atoms with Crippen LogP contribution in [0.2, 0.25) is 0 Å². The minimum absolute atomic E-state index is 0.0307. The quantitative estimate of drug-likeness (QED) is 0.304. The summed E-state index contributed by atoms with van der Waals surface area (Å²) in [5.74, 6) is -0.691. The fourth-order valence-corrected chi connectivity index (χ4v) is 2.65. The first-order chi connectivity index (χ1) is 11.6. The van der Waals surface area contributed by atoms with Crippen LogP contribution in [0.25, 0.3) is 0 Å². The van der Waals surface area contributed by atoms with Crippen LogP contribution >= 0.6 is 11.3 Å². The number of benzene rings is 1. The number of nitro benzene ring substituents is 1. The first-order valence-corrected chi connectivity index (χ1v) is 7.64.